The zero-order valence-corrected chi connectivity index (χ0v) is 13.1. The molecule has 1 saturated carbocycles. The molecule has 106 valence electrons. The van der Waals surface area contributed by atoms with Crippen molar-refractivity contribution >= 4 is 17.0 Å². The predicted molar refractivity (Wildman–Crippen MR) is 89.3 cm³/mol. The van der Waals surface area contributed by atoms with E-state index in [0.717, 1.165) is 11.8 Å². The third-order valence-electron chi connectivity index (χ3n) is 4.58. The molecule has 0 radical (unpaired) electrons. The number of hydrogen-bond donors (Lipinski definition) is 1. The smallest absolute Gasteiger partial charge is 0.0430 e. The predicted octanol–water partition coefficient (Wildman–Crippen LogP) is 5.65. The van der Waals surface area contributed by atoms with Gasteiger partial charge in [0.05, 0.1) is 0 Å². The number of nitrogens with one attached hydrogen (secondary N) is 1. The lowest BCUT2D eigenvalue weighted by Crippen LogP contribution is -2.37. The van der Waals surface area contributed by atoms with Crippen LogP contribution in [0.15, 0.2) is 41.8 Å². The first-order valence-electron chi connectivity index (χ1n) is 7.65. The van der Waals surface area contributed by atoms with Crippen LogP contribution >= 0.6 is 11.3 Å². The van der Waals surface area contributed by atoms with Crippen LogP contribution in [0.5, 0.6) is 0 Å². The SMILES string of the molecule is CC1CCCC(C)C1Nc1ccccc1-c1cccs1. The highest BCUT2D eigenvalue weighted by Crippen LogP contribution is 2.36. The minimum Gasteiger partial charge on any atom is -0.381 e. The quantitative estimate of drug-likeness (QED) is 0.768. The highest BCUT2D eigenvalue weighted by Gasteiger charge is 2.27. The fourth-order valence-electron chi connectivity index (χ4n) is 3.40. The first kappa shape index (κ1) is 13.7. The van der Waals surface area contributed by atoms with Gasteiger partial charge in [-0.3, -0.25) is 0 Å². The first-order chi connectivity index (χ1) is 9.75. The van der Waals surface area contributed by atoms with E-state index in [4.69, 9.17) is 0 Å². The lowest BCUT2D eigenvalue weighted by Gasteiger charge is -2.36. The van der Waals surface area contributed by atoms with Gasteiger partial charge in [-0.25, -0.2) is 0 Å². The van der Waals surface area contributed by atoms with E-state index in [2.05, 4.69) is 60.9 Å². The topological polar surface area (TPSA) is 12.0 Å². The number of anilines is 1. The molecular weight excluding hydrogens is 262 g/mol. The molecule has 1 nitrogen and oxygen atoms in total. The van der Waals surface area contributed by atoms with E-state index in [-0.39, 0.29) is 0 Å². The molecule has 1 aromatic heterocycles. The summed E-state index contributed by atoms with van der Waals surface area (Å²) in [6.45, 7) is 4.78. The Balaban J connectivity index is 1.87. The van der Waals surface area contributed by atoms with Crippen molar-refractivity contribution in [3.63, 3.8) is 0 Å². The number of hydrogen-bond acceptors (Lipinski definition) is 2. The monoisotopic (exact) mass is 285 g/mol. The Bertz CT molecular complexity index is 536. The molecule has 1 N–H and O–H groups in total. The molecule has 20 heavy (non-hydrogen) atoms. The molecule has 0 spiro atoms. The van der Waals surface area contributed by atoms with Gasteiger partial charge in [0, 0.05) is 22.2 Å². The summed E-state index contributed by atoms with van der Waals surface area (Å²) in [5.74, 6) is 1.52. The van der Waals surface area contributed by atoms with Gasteiger partial charge in [-0.15, -0.1) is 11.3 Å². The summed E-state index contributed by atoms with van der Waals surface area (Å²) >= 11 is 1.81. The minimum atomic E-state index is 0.602. The van der Waals surface area contributed by atoms with Crippen molar-refractivity contribution in [3.8, 4) is 10.4 Å². The van der Waals surface area contributed by atoms with Gasteiger partial charge in [-0.2, -0.15) is 0 Å². The molecular formula is C18H23NS. The van der Waals surface area contributed by atoms with E-state index in [0.29, 0.717) is 6.04 Å². The fourth-order valence-corrected chi connectivity index (χ4v) is 4.17. The molecule has 1 aliphatic rings. The molecule has 2 aromatic rings. The molecule has 3 rings (SSSR count). The van der Waals surface area contributed by atoms with Gasteiger partial charge in [0.15, 0.2) is 0 Å². The Morgan fingerprint density at radius 3 is 2.45 bits per heavy atom. The van der Waals surface area contributed by atoms with Crippen LogP contribution in [0, 0.1) is 11.8 Å². The standard InChI is InChI=1S/C18H23NS/c1-13-7-5-8-14(2)18(13)19-16-10-4-3-9-15(16)17-11-6-12-20-17/h3-4,6,9-14,18-19H,5,7-8H2,1-2H3. The van der Waals surface area contributed by atoms with Crippen molar-refractivity contribution in [3.05, 3.63) is 41.8 Å². The summed E-state index contributed by atoms with van der Waals surface area (Å²) in [5.41, 5.74) is 2.63. The van der Waals surface area contributed by atoms with E-state index in [1.54, 1.807) is 0 Å². The van der Waals surface area contributed by atoms with Crippen LogP contribution in [0.1, 0.15) is 33.1 Å². The van der Waals surface area contributed by atoms with Crippen LogP contribution < -0.4 is 5.32 Å². The third-order valence-corrected chi connectivity index (χ3v) is 5.48. The van der Waals surface area contributed by atoms with E-state index in [9.17, 15) is 0 Å². The second-order valence-electron chi connectivity index (χ2n) is 6.08. The van der Waals surface area contributed by atoms with Gasteiger partial charge < -0.3 is 5.32 Å². The number of para-hydroxylation sites is 1. The van der Waals surface area contributed by atoms with Crippen LogP contribution in [0.3, 0.4) is 0 Å². The molecule has 1 aliphatic carbocycles. The molecule has 1 heterocycles. The van der Waals surface area contributed by atoms with Crippen LogP contribution in [-0.2, 0) is 0 Å². The Kier molecular flexibility index (Phi) is 4.11. The van der Waals surface area contributed by atoms with E-state index in [1.165, 1.54) is 35.4 Å². The normalized spacial score (nSPS) is 26.4. The van der Waals surface area contributed by atoms with Crippen molar-refractivity contribution in [1.29, 1.82) is 0 Å². The summed E-state index contributed by atoms with van der Waals surface area (Å²) in [7, 11) is 0. The average molecular weight is 285 g/mol. The molecule has 2 unspecified atom stereocenters. The summed E-state index contributed by atoms with van der Waals surface area (Å²) in [6, 6.07) is 13.7. The number of thiophene rings is 1. The highest BCUT2D eigenvalue weighted by atomic mass is 32.1. The van der Waals surface area contributed by atoms with Crippen molar-refractivity contribution in [2.24, 2.45) is 11.8 Å². The molecule has 0 aliphatic heterocycles. The lowest BCUT2D eigenvalue weighted by molar-refractivity contribution is 0.268. The zero-order chi connectivity index (χ0) is 13.9. The Morgan fingerprint density at radius 1 is 1.00 bits per heavy atom. The molecule has 2 atom stereocenters. The Labute approximate surface area is 126 Å². The first-order valence-corrected chi connectivity index (χ1v) is 8.53. The van der Waals surface area contributed by atoms with Crippen LogP contribution in [0.2, 0.25) is 0 Å². The highest BCUT2D eigenvalue weighted by molar-refractivity contribution is 7.13. The van der Waals surface area contributed by atoms with Crippen LogP contribution in [0.4, 0.5) is 5.69 Å². The molecule has 0 saturated heterocycles. The fraction of sp³-hybridized carbons (Fsp3) is 0.444. The van der Waals surface area contributed by atoms with Crippen molar-refractivity contribution < 1.29 is 0 Å². The van der Waals surface area contributed by atoms with Gasteiger partial charge in [0.25, 0.3) is 0 Å². The minimum absolute atomic E-state index is 0.602. The second-order valence-corrected chi connectivity index (χ2v) is 7.03. The van der Waals surface area contributed by atoms with Gasteiger partial charge in [-0.1, -0.05) is 44.5 Å². The van der Waals surface area contributed by atoms with Crippen LogP contribution in [-0.4, -0.2) is 6.04 Å². The molecule has 0 amide bonds. The van der Waals surface area contributed by atoms with Crippen LogP contribution in [0.25, 0.3) is 10.4 Å². The van der Waals surface area contributed by atoms with Gasteiger partial charge in [0.2, 0.25) is 0 Å². The lowest BCUT2D eigenvalue weighted by atomic mass is 9.78. The molecule has 1 fully saturated rings. The summed E-state index contributed by atoms with van der Waals surface area (Å²) < 4.78 is 0. The van der Waals surface area contributed by atoms with Crippen molar-refractivity contribution in [1.82, 2.24) is 0 Å². The maximum atomic E-state index is 3.84. The summed E-state index contributed by atoms with van der Waals surface area (Å²) in [6.07, 6.45) is 4.08. The van der Waals surface area contributed by atoms with Gasteiger partial charge in [0.1, 0.15) is 0 Å². The number of rotatable bonds is 3. The van der Waals surface area contributed by atoms with Gasteiger partial charge >= 0.3 is 0 Å². The molecule has 1 aromatic carbocycles. The Morgan fingerprint density at radius 2 is 1.75 bits per heavy atom. The van der Waals surface area contributed by atoms with E-state index < -0.39 is 0 Å². The van der Waals surface area contributed by atoms with Crippen molar-refractivity contribution in [2.75, 3.05) is 5.32 Å². The molecule has 2 heteroatoms. The second kappa shape index (κ2) is 6.01. The van der Waals surface area contributed by atoms with Crippen molar-refractivity contribution in [2.45, 2.75) is 39.2 Å². The maximum absolute atomic E-state index is 3.84. The molecule has 0 bridgehead atoms. The Hall–Kier alpha value is -1.28. The van der Waals surface area contributed by atoms with E-state index in [1.807, 2.05) is 11.3 Å². The third kappa shape index (κ3) is 2.76. The largest absolute Gasteiger partial charge is 0.381 e. The number of benzene rings is 1. The van der Waals surface area contributed by atoms with E-state index >= 15 is 0 Å². The average Bonchev–Trinajstić information content (AvgIpc) is 2.97. The summed E-state index contributed by atoms with van der Waals surface area (Å²) in [5, 5.41) is 5.99. The zero-order valence-electron chi connectivity index (χ0n) is 12.3. The maximum Gasteiger partial charge on any atom is 0.0430 e. The van der Waals surface area contributed by atoms with Gasteiger partial charge in [-0.05, 0) is 42.2 Å². The summed E-state index contributed by atoms with van der Waals surface area (Å²) in [4.78, 5) is 1.35.